The maximum absolute atomic E-state index is 4.33. The topological polar surface area (TPSA) is 12.9 Å². The molecule has 1 heterocycles. The first kappa shape index (κ1) is 13.2. The van der Waals surface area contributed by atoms with Crippen molar-refractivity contribution >= 4 is 11.8 Å². The first-order valence-corrected chi connectivity index (χ1v) is 7.62. The van der Waals surface area contributed by atoms with Crippen LogP contribution in [0.25, 0.3) is 0 Å². The van der Waals surface area contributed by atoms with Gasteiger partial charge in [-0.15, -0.1) is 0 Å². The Hall–Kier alpha value is -1.28. The Bertz CT molecular complexity index is 384. The van der Waals surface area contributed by atoms with Crippen molar-refractivity contribution in [2.45, 2.75) is 19.3 Å². The van der Waals surface area contributed by atoms with Gasteiger partial charge in [-0.05, 0) is 48.5 Å². The Morgan fingerprint density at radius 1 is 0.833 bits per heavy atom. The van der Waals surface area contributed by atoms with Crippen molar-refractivity contribution in [2.24, 2.45) is 0 Å². The summed E-state index contributed by atoms with van der Waals surface area (Å²) in [6, 6.07) is 16.8. The summed E-state index contributed by atoms with van der Waals surface area (Å²) in [6.45, 7) is 0. The van der Waals surface area contributed by atoms with E-state index in [4.69, 9.17) is 0 Å². The van der Waals surface area contributed by atoms with Crippen LogP contribution in [0, 0.1) is 0 Å². The summed E-state index contributed by atoms with van der Waals surface area (Å²) in [5, 5.41) is 0. The Kier molecular flexibility index (Phi) is 5.80. The van der Waals surface area contributed by atoms with Gasteiger partial charge in [0, 0.05) is 11.9 Å². The summed E-state index contributed by atoms with van der Waals surface area (Å²) in [4.78, 5) is 4.33. The second kappa shape index (κ2) is 7.93. The number of hydrogen-bond donors (Lipinski definition) is 0. The SMILES string of the molecule is c1ccc(CCCSCCc2ccccn2)cc1. The van der Waals surface area contributed by atoms with Gasteiger partial charge < -0.3 is 0 Å². The molecule has 0 spiro atoms. The number of nitrogens with zero attached hydrogens (tertiary/aromatic N) is 1. The van der Waals surface area contributed by atoms with E-state index >= 15 is 0 Å². The standard InChI is InChI=1S/C16H19NS/c1-2-7-15(8-3-1)9-6-13-18-14-11-16-10-4-5-12-17-16/h1-5,7-8,10,12H,6,9,11,13-14H2. The van der Waals surface area contributed by atoms with Crippen molar-refractivity contribution < 1.29 is 0 Å². The van der Waals surface area contributed by atoms with Crippen molar-refractivity contribution in [1.82, 2.24) is 4.98 Å². The summed E-state index contributed by atoms with van der Waals surface area (Å²) < 4.78 is 0. The highest BCUT2D eigenvalue weighted by Gasteiger charge is 1.95. The maximum Gasteiger partial charge on any atom is 0.0411 e. The zero-order valence-electron chi connectivity index (χ0n) is 10.6. The third kappa shape index (κ3) is 4.92. The molecule has 1 aromatic heterocycles. The first-order chi connectivity index (χ1) is 8.95. The van der Waals surface area contributed by atoms with Crippen LogP contribution in [-0.4, -0.2) is 16.5 Å². The van der Waals surface area contributed by atoms with E-state index in [9.17, 15) is 0 Å². The molecule has 0 saturated heterocycles. The van der Waals surface area contributed by atoms with Crippen LogP contribution in [0.3, 0.4) is 0 Å². The van der Waals surface area contributed by atoms with Crippen molar-refractivity contribution in [3.8, 4) is 0 Å². The molecule has 0 saturated carbocycles. The Morgan fingerprint density at radius 2 is 1.67 bits per heavy atom. The molecule has 1 aromatic carbocycles. The molecule has 2 aromatic rings. The third-order valence-electron chi connectivity index (χ3n) is 2.83. The summed E-state index contributed by atoms with van der Waals surface area (Å²) in [5.41, 5.74) is 2.65. The molecule has 0 unspecified atom stereocenters. The number of pyridine rings is 1. The van der Waals surface area contributed by atoms with E-state index in [1.54, 1.807) is 0 Å². The van der Waals surface area contributed by atoms with Crippen LogP contribution in [-0.2, 0) is 12.8 Å². The highest BCUT2D eigenvalue weighted by Crippen LogP contribution is 2.09. The average Bonchev–Trinajstić information content (AvgIpc) is 2.45. The lowest BCUT2D eigenvalue weighted by atomic mass is 10.1. The highest BCUT2D eigenvalue weighted by atomic mass is 32.2. The van der Waals surface area contributed by atoms with Crippen molar-refractivity contribution in [2.75, 3.05) is 11.5 Å². The van der Waals surface area contributed by atoms with E-state index in [0.29, 0.717) is 0 Å². The highest BCUT2D eigenvalue weighted by molar-refractivity contribution is 7.99. The van der Waals surface area contributed by atoms with Gasteiger partial charge in [0.05, 0.1) is 0 Å². The molecule has 0 bridgehead atoms. The smallest absolute Gasteiger partial charge is 0.0411 e. The van der Waals surface area contributed by atoms with Gasteiger partial charge in [0.1, 0.15) is 0 Å². The fraction of sp³-hybridized carbons (Fsp3) is 0.312. The summed E-state index contributed by atoms with van der Waals surface area (Å²) >= 11 is 2.03. The molecule has 2 rings (SSSR count). The molecular formula is C16H19NS. The van der Waals surface area contributed by atoms with Gasteiger partial charge in [-0.25, -0.2) is 0 Å². The fourth-order valence-electron chi connectivity index (χ4n) is 1.85. The van der Waals surface area contributed by atoms with E-state index in [0.717, 1.165) is 6.42 Å². The van der Waals surface area contributed by atoms with Gasteiger partial charge in [0.25, 0.3) is 0 Å². The predicted molar refractivity (Wildman–Crippen MR) is 80.0 cm³/mol. The van der Waals surface area contributed by atoms with E-state index in [1.165, 1.54) is 35.6 Å². The van der Waals surface area contributed by atoms with Crippen molar-refractivity contribution in [3.63, 3.8) is 0 Å². The number of aromatic nitrogens is 1. The summed E-state index contributed by atoms with van der Waals surface area (Å²) in [7, 11) is 0. The molecular weight excluding hydrogens is 238 g/mol. The second-order valence-electron chi connectivity index (χ2n) is 4.27. The van der Waals surface area contributed by atoms with Crippen LogP contribution < -0.4 is 0 Å². The van der Waals surface area contributed by atoms with Gasteiger partial charge in [0.15, 0.2) is 0 Å². The van der Waals surface area contributed by atoms with Crippen molar-refractivity contribution in [3.05, 3.63) is 66.0 Å². The van der Waals surface area contributed by atoms with Crippen LogP contribution in [0.2, 0.25) is 0 Å². The molecule has 18 heavy (non-hydrogen) atoms. The van der Waals surface area contributed by atoms with Crippen LogP contribution in [0.4, 0.5) is 0 Å². The van der Waals surface area contributed by atoms with Crippen molar-refractivity contribution in [1.29, 1.82) is 0 Å². The lowest BCUT2D eigenvalue weighted by Crippen LogP contribution is -1.93. The van der Waals surface area contributed by atoms with E-state index in [-0.39, 0.29) is 0 Å². The number of aryl methyl sites for hydroxylation is 2. The van der Waals surface area contributed by atoms with Gasteiger partial charge >= 0.3 is 0 Å². The van der Waals surface area contributed by atoms with Crippen LogP contribution in [0.15, 0.2) is 54.7 Å². The van der Waals surface area contributed by atoms with Crippen LogP contribution in [0.1, 0.15) is 17.7 Å². The van der Waals surface area contributed by atoms with E-state index < -0.39 is 0 Å². The monoisotopic (exact) mass is 257 g/mol. The lowest BCUT2D eigenvalue weighted by Gasteiger charge is -2.02. The van der Waals surface area contributed by atoms with E-state index in [1.807, 2.05) is 24.0 Å². The molecule has 0 atom stereocenters. The number of thioether (sulfide) groups is 1. The lowest BCUT2D eigenvalue weighted by molar-refractivity contribution is 0.931. The molecule has 0 aliphatic rings. The van der Waals surface area contributed by atoms with Crippen LogP contribution >= 0.6 is 11.8 Å². The Labute approximate surface area is 114 Å². The predicted octanol–water partition coefficient (Wildman–Crippen LogP) is 3.99. The minimum Gasteiger partial charge on any atom is -0.261 e. The fourth-order valence-corrected chi connectivity index (χ4v) is 2.75. The van der Waals surface area contributed by atoms with Gasteiger partial charge in [-0.1, -0.05) is 36.4 Å². The van der Waals surface area contributed by atoms with E-state index in [2.05, 4.69) is 47.4 Å². The quantitative estimate of drug-likeness (QED) is 0.696. The largest absolute Gasteiger partial charge is 0.261 e. The Balaban J connectivity index is 1.54. The number of hydrogen-bond acceptors (Lipinski definition) is 2. The zero-order valence-corrected chi connectivity index (χ0v) is 11.4. The summed E-state index contributed by atoms with van der Waals surface area (Å²) in [5.74, 6) is 2.41. The van der Waals surface area contributed by atoms with Gasteiger partial charge in [-0.3, -0.25) is 4.98 Å². The third-order valence-corrected chi connectivity index (χ3v) is 3.90. The second-order valence-corrected chi connectivity index (χ2v) is 5.50. The zero-order chi connectivity index (χ0) is 12.5. The number of rotatable bonds is 7. The minimum atomic E-state index is 1.08. The van der Waals surface area contributed by atoms with Crippen LogP contribution in [0.5, 0.6) is 0 Å². The average molecular weight is 257 g/mol. The molecule has 94 valence electrons. The molecule has 0 aliphatic carbocycles. The molecule has 1 nitrogen and oxygen atoms in total. The normalized spacial score (nSPS) is 10.4. The summed E-state index contributed by atoms with van der Waals surface area (Å²) in [6.07, 6.45) is 5.40. The molecule has 0 fully saturated rings. The van der Waals surface area contributed by atoms with Gasteiger partial charge in [-0.2, -0.15) is 11.8 Å². The molecule has 0 aliphatic heterocycles. The molecule has 2 heteroatoms. The minimum absolute atomic E-state index is 1.08. The molecule has 0 N–H and O–H groups in total. The maximum atomic E-state index is 4.33. The molecule has 0 amide bonds. The first-order valence-electron chi connectivity index (χ1n) is 6.47. The Morgan fingerprint density at radius 3 is 2.44 bits per heavy atom. The van der Waals surface area contributed by atoms with Gasteiger partial charge in [0.2, 0.25) is 0 Å². The molecule has 0 radical (unpaired) electrons. The number of benzene rings is 1.